The molecule has 0 bridgehead atoms. The van der Waals surface area contributed by atoms with Crippen LogP contribution in [-0.4, -0.2) is 54.0 Å². The van der Waals surface area contributed by atoms with Crippen LogP contribution in [-0.2, 0) is 23.7 Å². The van der Waals surface area contributed by atoms with E-state index >= 15 is 0 Å². The monoisotopic (exact) mass is 340 g/mol. The summed E-state index contributed by atoms with van der Waals surface area (Å²) >= 11 is 0. The first kappa shape index (κ1) is 16.0. The van der Waals surface area contributed by atoms with Crippen LogP contribution in [0.5, 0.6) is 0 Å². The van der Waals surface area contributed by atoms with Gasteiger partial charge in [0.1, 0.15) is 24.9 Å². The molecule has 0 aromatic rings. The number of aliphatic hydroxyl groups excluding tert-OH is 1. The lowest BCUT2D eigenvalue weighted by molar-refractivity contribution is -0.336. The molecule has 4 atom stereocenters. The van der Waals surface area contributed by atoms with Crippen molar-refractivity contribution >= 4 is 0 Å². The first-order valence-electron chi connectivity index (χ1n) is 9.66. The largest absolute Gasteiger partial charge is 0.385 e. The van der Waals surface area contributed by atoms with Crippen molar-refractivity contribution in [1.29, 1.82) is 0 Å². The molecule has 1 N–H and O–H groups in total. The molecule has 0 aromatic heterocycles. The summed E-state index contributed by atoms with van der Waals surface area (Å²) in [5, 5.41) is 11.0. The van der Waals surface area contributed by atoms with Gasteiger partial charge in [0.05, 0.1) is 6.61 Å². The van der Waals surface area contributed by atoms with Gasteiger partial charge >= 0.3 is 0 Å². The molecule has 5 aliphatic rings. The SMILES string of the molecule is O[C@H]1[C@@H]2OC3(CCCCC3)O[C@@H]2CO[C@]12COC1(CCCCC1)O2. The molecule has 3 spiro atoms. The molecule has 0 amide bonds. The van der Waals surface area contributed by atoms with Crippen LogP contribution in [0.4, 0.5) is 0 Å². The van der Waals surface area contributed by atoms with E-state index in [-0.39, 0.29) is 18.8 Å². The fourth-order valence-electron chi connectivity index (χ4n) is 5.14. The maximum absolute atomic E-state index is 11.0. The minimum absolute atomic E-state index is 0.213. The van der Waals surface area contributed by atoms with Gasteiger partial charge in [-0.15, -0.1) is 0 Å². The number of fused-ring (bicyclic) bond motifs is 1. The molecular weight excluding hydrogens is 312 g/mol. The Labute approximate surface area is 142 Å². The van der Waals surface area contributed by atoms with Gasteiger partial charge < -0.3 is 28.8 Å². The second kappa shape index (κ2) is 5.63. The zero-order chi connectivity index (χ0) is 16.3. The van der Waals surface area contributed by atoms with Crippen molar-refractivity contribution in [2.24, 2.45) is 0 Å². The highest BCUT2D eigenvalue weighted by Gasteiger charge is 2.64. The van der Waals surface area contributed by atoms with Crippen LogP contribution in [0.25, 0.3) is 0 Å². The third kappa shape index (κ3) is 2.38. The summed E-state index contributed by atoms with van der Waals surface area (Å²) in [6.45, 7) is 0.663. The minimum Gasteiger partial charge on any atom is -0.385 e. The van der Waals surface area contributed by atoms with E-state index in [0.29, 0.717) is 6.61 Å². The topological polar surface area (TPSA) is 66.4 Å². The Morgan fingerprint density at radius 3 is 2.12 bits per heavy atom. The normalized spacial score (nSPS) is 46.6. The molecule has 2 aliphatic carbocycles. The van der Waals surface area contributed by atoms with E-state index < -0.39 is 23.5 Å². The summed E-state index contributed by atoms with van der Waals surface area (Å²) in [7, 11) is 0. The van der Waals surface area contributed by atoms with Crippen LogP contribution in [0, 0.1) is 0 Å². The Morgan fingerprint density at radius 2 is 1.42 bits per heavy atom. The Hall–Kier alpha value is -0.240. The number of rotatable bonds is 0. The van der Waals surface area contributed by atoms with E-state index in [1.807, 2.05) is 0 Å². The number of hydrogen-bond donors (Lipinski definition) is 1. The van der Waals surface area contributed by atoms with Gasteiger partial charge in [-0.1, -0.05) is 12.8 Å². The molecule has 0 aromatic carbocycles. The summed E-state index contributed by atoms with van der Waals surface area (Å²) in [6, 6.07) is 0. The van der Waals surface area contributed by atoms with Crippen LogP contribution in [0.2, 0.25) is 0 Å². The lowest BCUT2D eigenvalue weighted by Gasteiger charge is -2.42. The molecule has 2 saturated carbocycles. The van der Waals surface area contributed by atoms with E-state index in [0.717, 1.165) is 51.4 Å². The molecule has 5 fully saturated rings. The van der Waals surface area contributed by atoms with Crippen molar-refractivity contribution in [3.63, 3.8) is 0 Å². The third-order valence-corrected chi connectivity index (χ3v) is 6.46. The fraction of sp³-hybridized carbons (Fsp3) is 1.00. The molecule has 6 heteroatoms. The van der Waals surface area contributed by atoms with Crippen LogP contribution >= 0.6 is 0 Å². The standard InChI is InChI=1S/C18H28O6/c19-15-14-13(22-17(23-14)9-5-2-6-10-17)11-20-18(15)12-21-16(24-18)7-3-1-4-8-16/h13-15,19H,1-12H2/t13-,14-,15+,18+/m1/s1. The maximum Gasteiger partial charge on any atom is 0.224 e. The molecule has 136 valence electrons. The number of hydrogen-bond acceptors (Lipinski definition) is 6. The molecule has 24 heavy (non-hydrogen) atoms. The van der Waals surface area contributed by atoms with Gasteiger partial charge in [0.2, 0.25) is 5.79 Å². The van der Waals surface area contributed by atoms with Crippen LogP contribution in [0.15, 0.2) is 0 Å². The van der Waals surface area contributed by atoms with E-state index in [1.54, 1.807) is 0 Å². The zero-order valence-corrected chi connectivity index (χ0v) is 14.2. The number of aliphatic hydroxyl groups is 1. The third-order valence-electron chi connectivity index (χ3n) is 6.46. The van der Waals surface area contributed by atoms with E-state index in [1.165, 1.54) is 12.8 Å². The molecular formula is C18H28O6. The van der Waals surface area contributed by atoms with Crippen molar-refractivity contribution in [3.8, 4) is 0 Å². The summed E-state index contributed by atoms with van der Waals surface area (Å²) in [4.78, 5) is 0. The average molecular weight is 340 g/mol. The summed E-state index contributed by atoms with van der Waals surface area (Å²) in [5.74, 6) is -2.19. The highest BCUT2D eigenvalue weighted by atomic mass is 16.9. The summed E-state index contributed by atoms with van der Waals surface area (Å²) in [5.41, 5.74) is 0. The van der Waals surface area contributed by atoms with E-state index in [2.05, 4.69) is 0 Å². The Balaban J connectivity index is 1.34. The predicted octanol–water partition coefficient (Wildman–Crippen LogP) is 2.23. The Morgan fingerprint density at radius 1 is 0.750 bits per heavy atom. The van der Waals surface area contributed by atoms with Crippen molar-refractivity contribution in [2.75, 3.05) is 13.2 Å². The van der Waals surface area contributed by atoms with E-state index in [4.69, 9.17) is 23.7 Å². The van der Waals surface area contributed by atoms with Gasteiger partial charge in [-0.25, -0.2) is 0 Å². The van der Waals surface area contributed by atoms with Crippen LogP contribution in [0.3, 0.4) is 0 Å². The lowest BCUT2D eigenvalue weighted by atomic mass is 9.93. The van der Waals surface area contributed by atoms with Crippen molar-refractivity contribution in [3.05, 3.63) is 0 Å². The van der Waals surface area contributed by atoms with Gasteiger partial charge in [0.15, 0.2) is 11.6 Å². The average Bonchev–Trinajstić information content (AvgIpc) is 3.13. The molecule has 5 rings (SSSR count). The second-order valence-corrected chi connectivity index (χ2v) is 8.14. The van der Waals surface area contributed by atoms with Gasteiger partial charge in [0.25, 0.3) is 0 Å². The van der Waals surface area contributed by atoms with Crippen molar-refractivity contribution in [1.82, 2.24) is 0 Å². The lowest BCUT2D eigenvalue weighted by Crippen LogP contribution is -2.62. The highest BCUT2D eigenvalue weighted by Crippen LogP contribution is 2.50. The second-order valence-electron chi connectivity index (χ2n) is 8.14. The van der Waals surface area contributed by atoms with Crippen LogP contribution in [0.1, 0.15) is 64.2 Å². The summed E-state index contributed by atoms with van der Waals surface area (Å²) in [6.07, 6.45) is 8.95. The van der Waals surface area contributed by atoms with Gasteiger partial charge in [-0.05, 0) is 25.7 Å². The molecule has 0 unspecified atom stereocenters. The predicted molar refractivity (Wildman–Crippen MR) is 83.1 cm³/mol. The van der Waals surface area contributed by atoms with Crippen molar-refractivity contribution < 1.29 is 28.8 Å². The fourth-order valence-corrected chi connectivity index (χ4v) is 5.14. The van der Waals surface area contributed by atoms with Gasteiger partial charge in [-0.3, -0.25) is 0 Å². The maximum atomic E-state index is 11.0. The molecule has 3 heterocycles. The van der Waals surface area contributed by atoms with E-state index in [9.17, 15) is 5.11 Å². The first-order valence-corrected chi connectivity index (χ1v) is 9.66. The molecule has 3 saturated heterocycles. The van der Waals surface area contributed by atoms with Gasteiger partial charge in [-0.2, -0.15) is 0 Å². The highest BCUT2D eigenvalue weighted by molar-refractivity contribution is 5.03. The van der Waals surface area contributed by atoms with Gasteiger partial charge in [0, 0.05) is 25.7 Å². The smallest absolute Gasteiger partial charge is 0.224 e. The molecule has 0 radical (unpaired) electrons. The Kier molecular flexibility index (Phi) is 3.75. The Bertz CT molecular complexity index is 472. The quantitative estimate of drug-likeness (QED) is 0.729. The minimum atomic E-state index is -1.10. The molecule has 6 nitrogen and oxygen atoms in total. The molecule has 3 aliphatic heterocycles. The number of ether oxygens (including phenoxy) is 5. The summed E-state index contributed by atoms with van der Waals surface area (Å²) < 4.78 is 30.8. The first-order chi connectivity index (χ1) is 11.6. The van der Waals surface area contributed by atoms with Crippen molar-refractivity contribution in [2.45, 2.75) is 99.9 Å². The van der Waals surface area contributed by atoms with Crippen LogP contribution < -0.4 is 0 Å². The zero-order valence-electron chi connectivity index (χ0n) is 14.2.